The Hall–Kier alpha value is -4.00. The van der Waals surface area contributed by atoms with Crippen LogP contribution < -0.4 is 15.7 Å². The first-order valence-electron chi connectivity index (χ1n) is 9.51. The third kappa shape index (κ3) is 4.05. The number of carbonyl (C=O) groups is 1. The number of benzene rings is 3. The number of rotatable bonds is 6. The Morgan fingerprint density at radius 1 is 1.13 bits per heavy atom. The first kappa shape index (κ1) is 19.3. The summed E-state index contributed by atoms with van der Waals surface area (Å²) in [6, 6.07) is 19.0. The number of carbonyl (C=O) groups excluding carboxylic acids is 1. The summed E-state index contributed by atoms with van der Waals surface area (Å²) in [6.45, 7) is 0. The van der Waals surface area contributed by atoms with Crippen LogP contribution in [0.25, 0.3) is 21.8 Å². The summed E-state index contributed by atoms with van der Waals surface area (Å²) < 4.78 is 5.41. The van der Waals surface area contributed by atoms with Crippen molar-refractivity contribution in [3.8, 4) is 5.75 Å². The number of para-hydroxylation sites is 2. The van der Waals surface area contributed by atoms with Gasteiger partial charge in [-0.2, -0.15) is 5.10 Å². The van der Waals surface area contributed by atoms with Gasteiger partial charge in [0.2, 0.25) is 5.91 Å². The molecule has 0 saturated heterocycles. The van der Waals surface area contributed by atoms with E-state index in [1.165, 1.54) is 0 Å². The van der Waals surface area contributed by atoms with Crippen molar-refractivity contribution in [3.63, 3.8) is 0 Å². The number of methoxy groups -OCH3 is 1. The van der Waals surface area contributed by atoms with Crippen molar-refractivity contribution in [3.05, 3.63) is 82.3 Å². The number of hydrazone groups is 1. The van der Waals surface area contributed by atoms with Crippen LogP contribution in [0, 0.1) is 0 Å². The number of hydrogen-bond donors (Lipinski definition) is 2. The van der Waals surface area contributed by atoms with Crippen LogP contribution in [-0.2, 0) is 11.2 Å². The molecule has 4 aromatic rings. The highest BCUT2D eigenvalue weighted by atomic mass is 16.5. The van der Waals surface area contributed by atoms with Crippen molar-refractivity contribution < 1.29 is 9.53 Å². The number of nitrogens with zero attached hydrogens (tertiary/aromatic N) is 2. The van der Waals surface area contributed by atoms with Gasteiger partial charge in [0, 0.05) is 18.4 Å². The Kier molecular flexibility index (Phi) is 5.52. The molecule has 0 bridgehead atoms. The third-order valence-electron chi connectivity index (χ3n) is 4.79. The summed E-state index contributed by atoms with van der Waals surface area (Å²) in [5, 5.41) is 6.10. The van der Waals surface area contributed by atoms with Crippen LogP contribution in [0.2, 0.25) is 0 Å². The van der Waals surface area contributed by atoms with Crippen LogP contribution in [0.3, 0.4) is 0 Å². The summed E-state index contributed by atoms with van der Waals surface area (Å²) in [6.07, 6.45) is 1.89. The molecular formula is C23H20N4O3. The van der Waals surface area contributed by atoms with Gasteiger partial charge in [-0.1, -0.05) is 42.5 Å². The maximum Gasteiger partial charge on any atom is 0.270 e. The van der Waals surface area contributed by atoms with E-state index in [2.05, 4.69) is 20.5 Å². The van der Waals surface area contributed by atoms with Crippen LogP contribution in [0.4, 0.5) is 0 Å². The fraction of sp³-hybridized carbons (Fsp3) is 0.130. The molecule has 7 nitrogen and oxygen atoms in total. The summed E-state index contributed by atoms with van der Waals surface area (Å²) in [5.74, 6) is 0.360. The Bertz CT molecular complexity index is 1310. The summed E-state index contributed by atoms with van der Waals surface area (Å²) >= 11 is 0. The minimum atomic E-state index is -0.306. The Balaban J connectivity index is 1.45. The molecule has 0 fully saturated rings. The second-order valence-electron chi connectivity index (χ2n) is 6.73. The Morgan fingerprint density at radius 2 is 1.93 bits per heavy atom. The molecule has 3 aromatic carbocycles. The van der Waals surface area contributed by atoms with E-state index in [1.54, 1.807) is 19.4 Å². The highest BCUT2D eigenvalue weighted by Crippen LogP contribution is 2.26. The smallest absolute Gasteiger partial charge is 0.270 e. The van der Waals surface area contributed by atoms with Gasteiger partial charge in [0.1, 0.15) is 11.4 Å². The van der Waals surface area contributed by atoms with E-state index in [-0.39, 0.29) is 24.3 Å². The first-order chi connectivity index (χ1) is 14.7. The minimum absolute atomic E-state index is 0.0957. The predicted octanol–water partition coefficient (Wildman–Crippen LogP) is 3.17. The largest absolute Gasteiger partial charge is 0.496 e. The lowest BCUT2D eigenvalue weighted by molar-refractivity contribution is -0.121. The van der Waals surface area contributed by atoms with Crippen LogP contribution >= 0.6 is 0 Å². The number of aromatic nitrogens is 2. The van der Waals surface area contributed by atoms with Crippen LogP contribution in [0.1, 0.15) is 17.7 Å². The minimum Gasteiger partial charge on any atom is -0.496 e. The molecule has 0 aliphatic heterocycles. The molecule has 0 aliphatic carbocycles. The van der Waals surface area contributed by atoms with E-state index in [1.807, 2.05) is 54.6 Å². The lowest BCUT2D eigenvalue weighted by atomic mass is 10.0. The van der Waals surface area contributed by atoms with E-state index in [0.29, 0.717) is 22.5 Å². The monoisotopic (exact) mass is 400 g/mol. The zero-order chi connectivity index (χ0) is 20.9. The number of amides is 1. The number of aromatic amines is 1. The van der Waals surface area contributed by atoms with E-state index in [9.17, 15) is 9.59 Å². The van der Waals surface area contributed by atoms with E-state index < -0.39 is 0 Å². The Labute approximate surface area is 172 Å². The molecule has 4 rings (SSSR count). The lowest BCUT2D eigenvalue weighted by Crippen LogP contribution is -2.21. The fourth-order valence-corrected chi connectivity index (χ4v) is 3.28. The van der Waals surface area contributed by atoms with Gasteiger partial charge in [0.15, 0.2) is 0 Å². The topological polar surface area (TPSA) is 96.4 Å². The third-order valence-corrected chi connectivity index (χ3v) is 4.79. The van der Waals surface area contributed by atoms with Gasteiger partial charge >= 0.3 is 0 Å². The molecule has 0 radical (unpaired) electrons. The summed E-state index contributed by atoms with van der Waals surface area (Å²) in [4.78, 5) is 31.5. The van der Waals surface area contributed by atoms with Gasteiger partial charge < -0.3 is 9.72 Å². The summed E-state index contributed by atoms with van der Waals surface area (Å²) in [5.41, 5.74) is 4.69. The molecule has 1 amide bonds. The van der Waals surface area contributed by atoms with Gasteiger partial charge in [-0.05, 0) is 29.0 Å². The molecule has 1 aromatic heterocycles. The second-order valence-corrected chi connectivity index (χ2v) is 6.73. The first-order valence-corrected chi connectivity index (χ1v) is 9.51. The number of H-pyrrole nitrogens is 1. The van der Waals surface area contributed by atoms with E-state index in [4.69, 9.17) is 4.74 Å². The zero-order valence-electron chi connectivity index (χ0n) is 16.4. The average Bonchev–Trinajstić information content (AvgIpc) is 2.77. The van der Waals surface area contributed by atoms with E-state index >= 15 is 0 Å². The normalized spacial score (nSPS) is 11.2. The summed E-state index contributed by atoms with van der Waals surface area (Å²) in [7, 11) is 1.59. The highest BCUT2D eigenvalue weighted by molar-refractivity contribution is 6.02. The van der Waals surface area contributed by atoms with Gasteiger partial charge in [-0.25, -0.2) is 10.4 Å². The SMILES string of the molecule is COc1ccc2ccccc2c1/C=N\NC(=O)CCc1nc2ccccc2[nH]c1=O. The molecule has 30 heavy (non-hydrogen) atoms. The van der Waals surface area contributed by atoms with Crippen LogP contribution in [0.5, 0.6) is 5.75 Å². The number of fused-ring (bicyclic) bond motifs is 2. The number of aryl methyl sites for hydroxylation is 1. The number of nitrogens with one attached hydrogen (secondary N) is 2. The van der Waals surface area contributed by atoms with Crippen LogP contribution in [-0.4, -0.2) is 29.2 Å². The molecule has 0 atom stereocenters. The zero-order valence-corrected chi connectivity index (χ0v) is 16.4. The van der Waals surface area contributed by atoms with Crippen molar-refractivity contribution in [1.82, 2.24) is 15.4 Å². The maximum atomic E-state index is 12.2. The van der Waals surface area contributed by atoms with Gasteiger partial charge in [0.05, 0.1) is 24.4 Å². The molecule has 0 unspecified atom stereocenters. The molecule has 7 heteroatoms. The molecule has 1 heterocycles. The molecule has 0 aliphatic rings. The Morgan fingerprint density at radius 3 is 2.80 bits per heavy atom. The molecular weight excluding hydrogens is 380 g/mol. The lowest BCUT2D eigenvalue weighted by Gasteiger charge is -2.08. The standard InChI is InChI=1S/C23H20N4O3/c1-30-21-12-10-15-6-2-3-7-16(15)17(21)14-24-27-22(28)13-11-20-23(29)26-19-9-5-4-8-18(19)25-20/h2-10,12,14H,11,13H2,1H3,(H,26,29)(H,27,28)/b24-14-. The highest BCUT2D eigenvalue weighted by Gasteiger charge is 2.09. The van der Waals surface area contributed by atoms with E-state index in [0.717, 1.165) is 16.3 Å². The van der Waals surface area contributed by atoms with Crippen LogP contribution in [0.15, 0.2) is 70.6 Å². The van der Waals surface area contributed by atoms with Gasteiger partial charge in [0.25, 0.3) is 5.56 Å². The molecule has 0 spiro atoms. The van der Waals surface area contributed by atoms with Crippen molar-refractivity contribution in [2.45, 2.75) is 12.8 Å². The van der Waals surface area contributed by atoms with Crippen molar-refractivity contribution in [1.29, 1.82) is 0 Å². The molecule has 150 valence electrons. The number of ether oxygens (including phenoxy) is 1. The van der Waals surface area contributed by atoms with Gasteiger partial charge in [-0.3, -0.25) is 9.59 Å². The van der Waals surface area contributed by atoms with Gasteiger partial charge in [-0.15, -0.1) is 0 Å². The quantitative estimate of drug-likeness (QED) is 0.384. The maximum absolute atomic E-state index is 12.2. The van der Waals surface area contributed by atoms with Crippen molar-refractivity contribution >= 4 is 33.9 Å². The molecule has 2 N–H and O–H groups in total. The predicted molar refractivity (Wildman–Crippen MR) is 117 cm³/mol. The fourth-order valence-electron chi connectivity index (χ4n) is 3.28. The molecule has 0 saturated carbocycles. The van der Waals surface area contributed by atoms with Crippen molar-refractivity contribution in [2.75, 3.05) is 7.11 Å². The average molecular weight is 400 g/mol. The van der Waals surface area contributed by atoms with Crippen molar-refractivity contribution in [2.24, 2.45) is 5.10 Å². The second kappa shape index (κ2) is 8.57. The number of hydrogen-bond acceptors (Lipinski definition) is 5.